The first-order valence-corrected chi connectivity index (χ1v) is 6.75. The first kappa shape index (κ1) is 17.2. The lowest BCUT2D eigenvalue weighted by Gasteiger charge is -2.16. The van der Waals surface area contributed by atoms with Crippen molar-refractivity contribution in [1.29, 1.82) is 0 Å². The summed E-state index contributed by atoms with van der Waals surface area (Å²) in [6.07, 6.45) is 3.54. The Bertz CT molecular complexity index is 196. The summed E-state index contributed by atoms with van der Waals surface area (Å²) in [6.45, 7) is 6.04. The Morgan fingerprint density at radius 1 is 1.11 bits per heavy atom. The molecule has 0 saturated carbocycles. The first-order valence-electron chi connectivity index (χ1n) is 6.75. The van der Waals surface area contributed by atoms with E-state index in [-0.39, 0.29) is 6.10 Å². The van der Waals surface area contributed by atoms with E-state index in [1.54, 1.807) is 0 Å². The molecule has 0 rings (SSSR count). The summed E-state index contributed by atoms with van der Waals surface area (Å²) in [5, 5.41) is 8.62. The van der Waals surface area contributed by atoms with Crippen molar-refractivity contribution in [3.63, 3.8) is 0 Å². The van der Waals surface area contributed by atoms with Gasteiger partial charge in [0.15, 0.2) is 0 Å². The van der Waals surface area contributed by atoms with Gasteiger partial charge in [-0.25, -0.2) is 4.79 Å². The Morgan fingerprint density at radius 3 is 2.44 bits per heavy atom. The highest BCUT2D eigenvalue weighted by Gasteiger charge is 2.13. The van der Waals surface area contributed by atoms with Gasteiger partial charge in [-0.2, -0.15) is 0 Å². The van der Waals surface area contributed by atoms with Crippen molar-refractivity contribution in [2.45, 2.75) is 52.1 Å². The quantitative estimate of drug-likeness (QED) is 0.432. The van der Waals surface area contributed by atoms with Crippen molar-refractivity contribution >= 4 is 6.16 Å². The normalized spacial score (nSPS) is 12.3. The van der Waals surface area contributed by atoms with Crippen LogP contribution in [0.1, 0.15) is 46.0 Å². The van der Waals surface area contributed by atoms with Crippen molar-refractivity contribution in [3.05, 3.63) is 0 Å². The van der Waals surface area contributed by atoms with Crippen molar-refractivity contribution in [3.8, 4) is 0 Å². The highest BCUT2D eigenvalue weighted by molar-refractivity contribution is 5.57. The van der Waals surface area contributed by atoms with E-state index in [0.29, 0.717) is 26.4 Å². The molecular weight excluding hydrogens is 236 g/mol. The van der Waals surface area contributed by atoms with E-state index in [2.05, 4.69) is 6.92 Å². The van der Waals surface area contributed by atoms with Crippen molar-refractivity contribution in [1.82, 2.24) is 0 Å². The average Bonchev–Trinajstić information content (AvgIpc) is 2.33. The second kappa shape index (κ2) is 12.6. The van der Waals surface area contributed by atoms with Crippen LogP contribution in [0.4, 0.5) is 4.79 Å². The number of ether oxygens (including phenoxy) is 3. The van der Waals surface area contributed by atoms with E-state index in [1.165, 1.54) is 6.42 Å². The Labute approximate surface area is 109 Å². The SMILES string of the molecule is CCCCCCC(COCCOCC)OC(=O)O. The molecule has 0 fully saturated rings. The molecule has 0 saturated heterocycles. The van der Waals surface area contributed by atoms with Crippen LogP contribution in [0, 0.1) is 0 Å². The van der Waals surface area contributed by atoms with Crippen LogP contribution in [-0.4, -0.2) is 43.8 Å². The van der Waals surface area contributed by atoms with E-state index in [4.69, 9.17) is 19.3 Å². The second-order valence-corrected chi connectivity index (χ2v) is 4.13. The molecule has 0 aliphatic heterocycles. The monoisotopic (exact) mass is 262 g/mol. The van der Waals surface area contributed by atoms with Crippen LogP contribution in [0.3, 0.4) is 0 Å². The van der Waals surface area contributed by atoms with Gasteiger partial charge in [0, 0.05) is 6.61 Å². The highest BCUT2D eigenvalue weighted by Crippen LogP contribution is 2.09. The number of carboxylic acid groups (broad SMARTS) is 1. The summed E-state index contributed by atoms with van der Waals surface area (Å²) in [6, 6.07) is 0. The van der Waals surface area contributed by atoms with Gasteiger partial charge in [-0.1, -0.05) is 26.2 Å². The fourth-order valence-corrected chi connectivity index (χ4v) is 1.59. The molecule has 0 spiro atoms. The first-order chi connectivity index (χ1) is 8.70. The third-order valence-electron chi connectivity index (χ3n) is 2.53. The van der Waals surface area contributed by atoms with Gasteiger partial charge in [0.1, 0.15) is 6.10 Å². The minimum atomic E-state index is -1.23. The van der Waals surface area contributed by atoms with Crippen LogP contribution in [-0.2, 0) is 14.2 Å². The van der Waals surface area contributed by atoms with Gasteiger partial charge < -0.3 is 19.3 Å². The molecule has 108 valence electrons. The zero-order valence-corrected chi connectivity index (χ0v) is 11.5. The number of carbonyl (C=O) groups is 1. The van der Waals surface area contributed by atoms with Crippen LogP contribution in [0.25, 0.3) is 0 Å². The molecule has 0 aromatic carbocycles. The van der Waals surface area contributed by atoms with Crippen molar-refractivity contribution in [2.75, 3.05) is 26.4 Å². The molecular formula is C13H26O5. The zero-order chi connectivity index (χ0) is 13.6. The lowest BCUT2D eigenvalue weighted by atomic mass is 10.1. The second-order valence-electron chi connectivity index (χ2n) is 4.13. The Balaban J connectivity index is 3.66. The van der Waals surface area contributed by atoms with Gasteiger partial charge in [-0.3, -0.25) is 0 Å². The maximum Gasteiger partial charge on any atom is 0.506 e. The molecule has 0 radical (unpaired) electrons. The Hall–Kier alpha value is -0.810. The molecule has 0 amide bonds. The molecule has 0 aliphatic rings. The molecule has 0 aromatic heterocycles. The standard InChI is InChI=1S/C13H26O5/c1-3-5-6-7-8-12(18-13(14)15)11-17-10-9-16-4-2/h12H,3-11H2,1-2H3,(H,14,15). The molecule has 0 aliphatic carbocycles. The van der Waals surface area contributed by atoms with Crippen molar-refractivity contribution in [2.24, 2.45) is 0 Å². The maximum atomic E-state index is 10.5. The number of rotatable bonds is 12. The summed E-state index contributed by atoms with van der Waals surface area (Å²) >= 11 is 0. The predicted octanol–water partition coefficient (Wildman–Crippen LogP) is 3.07. The molecule has 0 bridgehead atoms. The van der Waals surface area contributed by atoms with Gasteiger partial charge in [0.2, 0.25) is 0 Å². The highest BCUT2D eigenvalue weighted by atomic mass is 16.7. The minimum absolute atomic E-state index is 0.311. The molecule has 5 nitrogen and oxygen atoms in total. The maximum absolute atomic E-state index is 10.5. The lowest BCUT2D eigenvalue weighted by Crippen LogP contribution is -2.23. The van der Waals surface area contributed by atoms with E-state index in [1.807, 2.05) is 6.92 Å². The Morgan fingerprint density at radius 2 is 1.83 bits per heavy atom. The van der Waals surface area contributed by atoms with Gasteiger partial charge in [0.25, 0.3) is 0 Å². The largest absolute Gasteiger partial charge is 0.506 e. The van der Waals surface area contributed by atoms with E-state index in [0.717, 1.165) is 25.7 Å². The van der Waals surface area contributed by atoms with E-state index in [9.17, 15) is 4.79 Å². The van der Waals surface area contributed by atoms with Crippen LogP contribution >= 0.6 is 0 Å². The summed E-state index contributed by atoms with van der Waals surface area (Å²) in [7, 11) is 0. The van der Waals surface area contributed by atoms with E-state index < -0.39 is 6.16 Å². The Kier molecular flexibility index (Phi) is 12.1. The molecule has 0 aromatic rings. The van der Waals surface area contributed by atoms with Crippen molar-refractivity contribution < 1.29 is 24.1 Å². The third kappa shape index (κ3) is 11.7. The van der Waals surface area contributed by atoms with Gasteiger partial charge in [-0.15, -0.1) is 0 Å². The number of hydrogen-bond donors (Lipinski definition) is 1. The average molecular weight is 262 g/mol. The van der Waals surface area contributed by atoms with Crippen LogP contribution in [0.5, 0.6) is 0 Å². The number of unbranched alkanes of at least 4 members (excludes halogenated alkanes) is 3. The zero-order valence-electron chi connectivity index (χ0n) is 11.5. The summed E-state index contributed by atoms with van der Waals surface area (Å²) in [5.41, 5.74) is 0. The minimum Gasteiger partial charge on any atom is -0.450 e. The molecule has 1 N–H and O–H groups in total. The molecule has 5 heteroatoms. The van der Waals surface area contributed by atoms with E-state index >= 15 is 0 Å². The van der Waals surface area contributed by atoms with Gasteiger partial charge in [0.05, 0.1) is 19.8 Å². The smallest absolute Gasteiger partial charge is 0.450 e. The lowest BCUT2D eigenvalue weighted by molar-refractivity contribution is -0.0201. The van der Waals surface area contributed by atoms with Crippen LogP contribution < -0.4 is 0 Å². The topological polar surface area (TPSA) is 65.0 Å². The predicted molar refractivity (Wildman–Crippen MR) is 69.0 cm³/mol. The van der Waals surface area contributed by atoms with Gasteiger partial charge in [-0.05, 0) is 19.8 Å². The van der Waals surface area contributed by atoms with Crippen LogP contribution in [0.15, 0.2) is 0 Å². The summed E-state index contributed by atoms with van der Waals surface area (Å²) in [4.78, 5) is 10.5. The number of hydrogen-bond acceptors (Lipinski definition) is 4. The molecule has 1 unspecified atom stereocenters. The molecule has 18 heavy (non-hydrogen) atoms. The third-order valence-corrected chi connectivity index (χ3v) is 2.53. The summed E-state index contributed by atoms with van der Waals surface area (Å²) < 4.78 is 15.3. The van der Waals surface area contributed by atoms with Crippen LogP contribution in [0.2, 0.25) is 0 Å². The molecule has 0 heterocycles. The summed E-state index contributed by atoms with van der Waals surface area (Å²) in [5.74, 6) is 0. The fraction of sp³-hybridized carbons (Fsp3) is 0.923. The van der Waals surface area contributed by atoms with Gasteiger partial charge >= 0.3 is 6.16 Å². The molecule has 1 atom stereocenters. The fourth-order valence-electron chi connectivity index (χ4n) is 1.59.